The monoisotopic (exact) mass is 501 g/mol. The van der Waals surface area contributed by atoms with Crippen molar-refractivity contribution < 1.29 is 33.4 Å². The lowest BCUT2D eigenvalue weighted by Gasteiger charge is -2.28. The van der Waals surface area contributed by atoms with Crippen molar-refractivity contribution in [3.8, 4) is 0 Å². The summed E-state index contributed by atoms with van der Waals surface area (Å²) in [7, 11) is 0. The molecule has 0 aromatic carbocycles. The van der Waals surface area contributed by atoms with Crippen molar-refractivity contribution in [1.82, 2.24) is 10.6 Å². The third kappa shape index (κ3) is 16.0. The Kier molecular flexibility index (Phi) is 13.3. The number of amides is 2. The SMILES string of the molecule is CCC(C)(C)OC(=O)[C@@H](CCCCN)NC(=O)N[C@H](CCC(=O)OC(C)(C)C)C(=O)OC(C)(C)C. The van der Waals surface area contributed by atoms with E-state index >= 15 is 0 Å². The third-order valence-electron chi connectivity index (χ3n) is 4.82. The molecule has 4 N–H and O–H groups in total. The van der Waals surface area contributed by atoms with Crippen LogP contribution >= 0.6 is 0 Å². The number of rotatable bonds is 13. The Morgan fingerprint density at radius 3 is 1.69 bits per heavy atom. The average molecular weight is 502 g/mol. The van der Waals surface area contributed by atoms with Gasteiger partial charge in [-0.3, -0.25) is 4.79 Å². The molecule has 0 aliphatic carbocycles. The lowest BCUT2D eigenvalue weighted by molar-refractivity contribution is -0.160. The van der Waals surface area contributed by atoms with Gasteiger partial charge in [0.05, 0.1) is 0 Å². The predicted octanol–water partition coefficient (Wildman–Crippen LogP) is 3.35. The van der Waals surface area contributed by atoms with Gasteiger partial charge in [-0.05, 0) is 94.0 Å². The Balaban J connectivity index is 5.43. The van der Waals surface area contributed by atoms with Crippen LogP contribution in [0.1, 0.15) is 101 Å². The Morgan fingerprint density at radius 2 is 1.23 bits per heavy atom. The first-order valence-electron chi connectivity index (χ1n) is 12.3. The zero-order valence-electron chi connectivity index (χ0n) is 23.0. The highest BCUT2D eigenvalue weighted by Crippen LogP contribution is 2.17. The molecule has 0 aromatic rings. The van der Waals surface area contributed by atoms with Crippen LogP contribution < -0.4 is 16.4 Å². The maximum absolute atomic E-state index is 12.8. The van der Waals surface area contributed by atoms with Gasteiger partial charge in [-0.1, -0.05) is 6.92 Å². The molecule has 0 unspecified atom stereocenters. The molecule has 0 spiro atoms. The van der Waals surface area contributed by atoms with E-state index in [1.807, 2.05) is 6.92 Å². The molecule has 204 valence electrons. The zero-order chi connectivity index (χ0) is 27.4. The number of hydrogen-bond acceptors (Lipinski definition) is 8. The van der Waals surface area contributed by atoms with Crippen molar-refractivity contribution in [1.29, 1.82) is 0 Å². The molecule has 2 amide bonds. The number of nitrogens with one attached hydrogen (secondary N) is 2. The molecule has 35 heavy (non-hydrogen) atoms. The largest absolute Gasteiger partial charge is 0.460 e. The van der Waals surface area contributed by atoms with Crippen LogP contribution in [-0.4, -0.2) is 59.4 Å². The van der Waals surface area contributed by atoms with Gasteiger partial charge in [-0.15, -0.1) is 0 Å². The first-order chi connectivity index (χ1) is 15.9. The van der Waals surface area contributed by atoms with Crippen LogP contribution in [0.25, 0.3) is 0 Å². The Hall–Kier alpha value is -2.36. The van der Waals surface area contributed by atoms with Gasteiger partial charge in [0, 0.05) is 6.42 Å². The molecule has 10 nitrogen and oxygen atoms in total. The maximum Gasteiger partial charge on any atom is 0.329 e. The molecule has 0 saturated heterocycles. The lowest BCUT2D eigenvalue weighted by atomic mass is 10.1. The second kappa shape index (κ2) is 14.3. The van der Waals surface area contributed by atoms with Crippen molar-refractivity contribution in [2.24, 2.45) is 5.73 Å². The van der Waals surface area contributed by atoms with Gasteiger partial charge in [0.25, 0.3) is 0 Å². The highest BCUT2D eigenvalue weighted by atomic mass is 16.6. The van der Waals surface area contributed by atoms with Crippen LogP contribution in [0.3, 0.4) is 0 Å². The molecule has 0 fully saturated rings. The van der Waals surface area contributed by atoms with Gasteiger partial charge in [0.2, 0.25) is 0 Å². The summed E-state index contributed by atoms with van der Waals surface area (Å²) in [5.74, 6) is -1.75. The fraction of sp³-hybridized carbons (Fsp3) is 0.840. The van der Waals surface area contributed by atoms with Gasteiger partial charge in [0.15, 0.2) is 0 Å². The Morgan fingerprint density at radius 1 is 0.743 bits per heavy atom. The summed E-state index contributed by atoms with van der Waals surface area (Å²) in [6.07, 6.45) is 2.10. The maximum atomic E-state index is 12.8. The quantitative estimate of drug-likeness (QED) is 0.198. The predicted molar refractivity (Wildman–Crippen MR) is 134 cm³/mol. The topological polar surface area (TPSA) is 146 Å². The van der Waals surface area contributed by atoms with Crippen molar-refractivity contribution in [2.75, 3.05) is 6.54 Å². The standard InChI is InChI=1S/C25H47N3O7/c1-10-25(8,9)35-21(31)17(13-11-12-16-26)27-22(32)28-18(20(30)34-24(5,6)7)14-15-19(29)33-23(2,3)4/h17-18H,10-16,26H2,1-9H3,(H2,27,28,32)/t17-,18-/m1/s1. The minimum atomic E-state index is -1.12. The first-order valence-corrected chi connectivity index (χ1v) is 12.3. The molecule has 0 radical (unpaired) electrons. The van der Waals surface area contributed by atoms with Gasteiger partial charge >= 0.3 is 23.9 Å². The van der Waals surface area contributed by atoms with E-state index < -0.39 is 52.8 Å². The van der Waals surface area contributed by atoms with E-state index in [0.717, 1.165) is 0 Å². The Labute approximate surface area is 210 Å². The minimum Gasteiger partial charge on any atom is -0.460 e. The lowest BCUT2D eigenvalue weighted by Crippen LogP contribution is -2.53. The highest BCUT2D eigenvalue weighted by molar-refractivity contribution is 5.87. The van der Waals surface area contributed by atoms with E-state index in [0.29, 0.717) is 32.2 Å². The van der Waals surface area contributed by atoms with Crippen LogP contribution in [0.5, 0.6) is 0 Å². The number of hydrogen-bond donors (Lipinski definition) is 3. The number of esters is 3. The fourth-order valence-electron chi connectivity index (χ4n) is 2.79. The smallest absolute Gasteiger partial charge is 0.329 e. The van der Waals surface area contributed by atoms with E-state index in [4.69, 9.17) is 19.9 Å². The van der Waals surface area contributed by atoms with Gasteiger partial charge in [-0.25, -0.2) is 14.4 Å². The number of carbonyl (C=O) groups is 4. The number of ether oxygens (including phenoxy) is 3. The summed E-state index contributed by atoms with van der Waals surface area (Å²) in [6.45, 7) is 16.3. The van der Waals surface area contributed by atoms with Gasteiger partial charge in [0.1, 0.15) is 28.9 Å². The van der Waals surface area contributed by atoms with Crippen LogP contribution in [-0.2, 0) is 28.6 Å². The molecule has 0 bridgehead atoms. The number of nitrogens with two attached hydrogens (primary N) is 1. The summed E-state index contributed by atoms with van der Waals surface area (Å²) in [6, 6.07) is -2.78. The summed E-state index contributed by atoms with van der Waals surface area (Å²) >= 11 is 0. The highest BCUT2D eigenvalue weighted by Gasteiger charge is 2.31. The van der Waals surface area contributed by atoms with Crippen molar-refractivity contribution >= 4 is 23.9 Å². The number of carbonyl (C=O) groups excluding carboxylic acids is 4. The van der Waals surface area contributed by atoms with Crippen LogP contribution in [0, 0.1) is 0 Å². The van der Waals surface area contributed by atoms with E-state index in [9.17, 15) is 19.2 Å². The summed E-state index contributed by atoms with van der Waals surface area (Å²) < 4.78 is 16.3. The number of unbranched alkanes of at least 4 members (excludes halogenated alkanes) is 1. The average Bonchev–Trinajstić information content (AvgIpc) is 2.67. The second-order valence-corrected chi connectivity index (χ2v) is 11.2. The summed E-state index contributed by atoms with van der Waals surface area (Å²) in [4.78, 5) is 50.4. The number of urea groups is 1. The molecular weight excluding hydrogens is 454 g/mol. The molecule has 0 aromatic heterocycles. The molecule has 2 atom stereocenters. The summed E-state index contributed by atoms with van der Waals surface area (Å²) in [5.41, 5.74) is 3.40. The van der Waals surface area contributed by atoms with E-state index in [2.05, 4.69) is 10.6 Å². The molecule has 0 heterocycles. The van der Waals surface area contributed by atoms with E-state index in [1.54, 1.807) is 55.4 Å². The molecular formula is C25H47N3O7. The molecule has 0 aliphatic rings. The minimum absolute atomic E-state index is 0.0254. The third-order valence-corrected chi connectivity index (χ3v) is 4.82. The summed E-state index contributed by atoms with van der Waals surface area (Å²) in [5, 5.41) is 5.15. The molecule has 0 rings (SSSR count). The van der Waals surface area contributed by atoms with Crippen LogP contribution in [0.15, 0.2) is 0 Å². The molecule has 0 saturated carbocycles. The van der Waals surface area contributed by atoms with E-state index in [1.165, 1.54) is 0 Å². The fourth-order valence-corrected chi connectivity index (χ4v) is 2.79. The van der Waals surface area contributed by atoms with E-state index in [-0.39, 0.29) is 12.8 Å². The van der Waals surface area contributed by atoms with Crippen LogP contribution in [0.4, 0.5) is 4.79 Å². The zero-order valence-corrected chi connectivity index (χ0v) is 23.0. The molecule has 0 aliphatic heterocycles. The molecule has 10 heteroatoms. The van der Waals surface area contributed by atoms with Crippen molar-refractivity contribution in [2.45, 2.75) is 130 Å². The Bertz CT molecular complexity index is 709. The van der Waals surface area contributed by atoms with Gasteiger partial charge < -0.3 is 30.6 Å². The van der Waals surface area contributed by atoms with Crippen molar-refractivity contribution in [3.63, 3.8) is 0 Å². The first kappa shape index (κ1) is 32.6. The second-order valence-electron chi connectivity index (χ2n) is 11.2. The normalized spacial score (nSPS) is 13.9. The van der Waals surface area contributed by atoms with Gasteiger partial charge in [-0.2, -0.15) is 0 Å². The van der Waals surface area contributed by atoms with Crippen LogP contribution in [0.2, 0.25) is 0 Å². The van der Waals surface area contributed by atoms with Crippen molar-refractivity contribution in [3.05, 3.63) is 0 Å².